The fourth-order valence-electron chi connectivity index (χ4n) is 4.03. The summed E-state index contributed by atoms with van der Waals surface area (Å²) in [5, 5.41) is 0. The molecule has 7 heteroatoms. The summed E-state index contributed by atoms with van der Waals surface area (Å²) in [6, 6.07) is 7.39. The predicted molar refractivity (Wildman–Crippen MR) is 127 cm³/mol. The summed E-state index contributed by atoms with van der Waals surface area (Å²) < 4.78 is 15.9. The van der Waals surface area contributed by atoms with E-state index in [1.165, 1.54) is 0 Å². The van der Waals surface area contributed by atoms with E-state index in [4.69, 9.17) is 14.2 Å². The van der Waals surface area contributed by atoms with Crippen LogP contribution in [-0.2, 0) is 28.6 Å². The smallest absolute Gasteiger partial charge is 0.336 e. The lowest BCUT2D eigenvalue weighted by molar-refractivity contribution is -0.146. The molecule has 2 atom stereocenters. The molecule has 0 saturated heterocycles. The van der Waals surface area contributed by atoms with Gasteiger partial charge >= 0.3 is 17.9 Å². The molecule has 1 heterocycles. The maximum atomic E-state index is 13.0. The molecule has 0 spiro atoms. The van der Waals surface area contributed by atoms with Gasteiger partial charge in [-0.05, 0) is 58.2 Å². The Hall–Kier alpha value is -3.22. The van der Waals surface area contributed by atoms with Gasteiger partial charge in [-0.2, -0.15) is 0 Å². The molecule has 33 heavy (non-hydrogen) atoms. The van der Waals surface area contributed by atoms with Crippen molar-refractivity contribution in [1.29, 1.82) is 0 Å². The van der Waals surface area contributed by atoms with Crippen molar-refractivity contribution < 1.29 is 28.6 Å². The lowest BCUT2D eigenvalue weighted by atomic mass is 9.74. The van der Waals surface area contributed by atoms with Crippen LogP contribution in [0.2, 0.25) is 0 Å². The largest absolute Gasteiger partial charge is 0.465 e. The highest BCUT2D eigenvalue weighted by Gasteiger charge is 2.43. The molecule has 0 amide bonds. The highest BCUT2D eigenvalue weighted by atomic mass is 16.5. The standard InChI is InChI=1S/C26H33NO6/c1-7-18(24(28)31-8-2)15-19-13-11-12-14-20(19)23-21(25(29)32-9-3)16(5)27-17(6)22(23)26(30)33-10-4/h11-15,21,23H,7-10H2,1-6H3. The van der Waals surface area contributed by atoms with Gasteiger partial charge < -0.3 is 14.2 Å². The fraction of sp³-hybridized carbons (Fsp3) is 0.462. The molecule has 2 rings (SSSR count). The Kier molecular flexibility index (Phi) is 9.57. The minimum Gasteiger partial charge on any atom is -0.465 e. The second kappa shape index (κ2) is 12.1. The molecule has 1 aliphatic rings. The van der Waals surface area contributed by atoms with E-state index in [0.717, 1.165) is 0 Å². The summed E-state index contributed by atoms with van der Waals surface area (Å²) >= 11 is 0. The van der Waals surface area contributed by atoms with Crippen LogP contribution >= 0.6 is 0 Å². The quantitative estimate of drug-likeness (QED) is 0.307. The number of allylic oxidation sites excluding steroid dienone is 1. The van der Waals surface area contributed by atoms with Gasteiger partial charge in [-0.25, -0.2) is 9.59 Å². The van der Waals surface area contributed by atoms with E-state index in [-0.39, 0.29) is 19.8 Å². The molecule has 0 fully saturated rings. The molecule has 1 aliphatic heterocycles. The number of hydrogen-bond donors (Lipinski definition) is 0. The maximum Gasteiger partial charge on any atom is 0.336 e. The lowest BCUT2D eigenvalue weighted by Gasteiger charge is -2.32. The maximum absolute atomic E-state index is 13.0. The third kappa shape index (κ3) is 5.97. The summed E-state index contributed by atoms with van der Waals surface area (Å²) in [5.74, 6) is -2.84. The van der Waals surface area contributed by atoms with Gasteiger partial charge in [0.05, 0.1) is 25.4 Å². The Morgan fingerprint density at radius 1 is 0.939 bits per heavy atom. The lowest BCUT2D eigenvalue weighted by Crippen LogP contribution is -2.37. The monoisotopic (exact) mass is 455 g/mol. The number of aliphatic imine (C=N–C) groups is 1. The zero-order chi connectivity index (χ0) is 24.5. The number of esters is 3. The number of ether oxygens (including phenoxy) is 3. The van der Waals surface area contributed by atoms with Crippen LogP contribution in [0.25, 0.3) is 6.08 Å². The van der Waals surface area contributed by atoms with Gasteiger partial charge in [0.25, 0.3) is 0 Å². The third-order valence-corrected chi connectivity index (χ3v) is 5.44. The van der Waals surface area contributed by atoms with Crippen LogP contribution in [0.1, 0.15) is 65.0 Å². The highest BCUT2D eigenvalue weighted by molar-refractivity contribution is 6.07. The third-order valence-electron chi connectivity index (χ3n) is 5.44. The summed E-state index contributed by atoms with van der Waals surface area (Å²) in [5.41, 5.74) is 3.29. The molecule has 0 saturated carbocycles. The van der Waals surface area contributed by atoms with Gasteiger partial charge in [0.2, 0.25) is 0 Å². The van der Waals surface area contributed by atoms with Crippen molar-refractivity contribution >= 4 is 29.7 Å². The average Bonchev–Trinajstić information content (AvgIpc) is 2.77. The van der Waals surface area contributed by atoms with Crippen molar-refractivity contribution in [2.75, 3.05) is 19.8 Å². The molecule has 1 aromatic carbocycles. The second-order valence-corrected chi connectivity index (χ2v) is 7.55. The summed E-state index contributed by atoms with van der Waals surface area (Å²) in [6.07, 6.45) is 2.23. The SMILES string of the molecule is CCOC(=O)C(=Cc1ccccc1C1C(C(=O)OCC)=C(C)N=C(C)C1C(=O)OCC)CC. The van der Waals surface area contributed by atoms with E-state index in [1.54, 1.807) is 40.7 Å². The molecule has 1 aromatic rings. The number of carbonyl (C=O) groups excluding carboxylic acids is 3. The van der Waals surface area contributed by atoms with E-state index in [1.807, 2.05) is 31.2 Å². The molecule has 178 valence electrons. The average molecular weight is 456 g/mol. The van der Waals surface area contributed by atoms with E-state index >= 15 is 0 Å². The van der Waals surface area contributed by atoms with Crippen LogP contribution in [-0.4, -0.2) is 43.4 Å². The first-order chi connectivity index (χ1) is 15.8. The van der Waals surface area contributed by atoms with E-state index in [9.17, 15) is 14.4 Å². The first kappa shape index (κ1) is 26.0. The molecule has 0 N–H and O–H groups in total. The zero-order valence-electron chi connectivity index (χ0n) is 20.3. The van der Waals surface area contributed by atoms with Gasteiger partial charge in [0.15, 0.2) is 0 Å². The normalized spacial score (nSPS) is 18.5. The van der Waals surface area contributed by atoms with Gasteiger partial charge in [-0.1, -0.05) is 31.2 Å². The first-order valence-electron chi connectivity index (χ1n) is 11.4. The summed E-state index contributed by atoms with van der Waals surface area (Å²) in [6.45, 7) is 11.3. The number of carbonyl (C=O) groups is 3. The van der Waals surface area contributed by atoms with Crippen molar-refractivity contribution in [3.8, 4) is 0 Å². The van der Waals surface area contributed by atoms with Crippen molar-refractivity contribution in [3.05, 3.63) is 52.2 Å². The summed E-state index contributed by atoms with van der Waals surface area (Å²) in [4.78, 5) is 43.0. The number of benzene rings is 1. The molecule has 0 aliphatic carbocycles. The topological polar surface area (TPSA) is 91.3 Å². The van der Waals surface area contributed by atoms with Crippen molar-refractivity contribution in [2.45, 2.75) is 53.9 Å². The number of nitrogens with zero attached hydrogens (tertiary/aromatic N) is 1. The minimum atomic E-state index is -0.796. The molecule has 7 nitrogen and oxygen atoms in total. The van der Waals surface area contributed by atoms with Gasteiger partial charge in [-0.15, -0.1) is 0 Å². The predicted octanol–water partition coefficient (Wildman–Crippen LogP) is 4.62. The van der Waals surface area contributed by atoms with E-state index < -0.39 is 29.7 Å². The molecule has 0 aromatic heterocycles. The van der Waals surface area contributed by atoms with Crippen LogP contribution in [0.4, 0.5) is 0 Å². The minimum absolute atomic E-state index is 0.194. The van der Waals surface area contributed by atoms with E-state index in [2.05, 4.69) is 4.99 Å². The molecular formula is C26H33NO6. The Balaban J connectivity index is 2.75. The zero-order valence-corrected chi connectivity index (χ0v) is 20.3. The Bertz CT molecular complexity index is 988. The van der Waals surface area contributed by atoms with Crippen LogP contribution < -0.4 is 0 Å². The summed E-state index contributed by atoms with van der Waals surface area (Å²) in [7, 11) is 0. The van der Waals surface area contributed by atoms with E-state index in [0.29, 0.717) is 40.1 Å². The van der Waals surface area contributed by atoms with Crippen molar-refractivity contribution in [3.63, 3.8) is 0 Å². The Morgan fingerprint density at radius 3 is 2.18 bits per heavy atom. The van der Waals surface area contributed by atoms with Crippen LogP contribution in [0, 0.1) is 5.92 Å². The van der Waals surface area contributed by atoms with Crippen LogP contribution in [0.15, 0.2) is 46.1 Å². The first-order valence-corrected chi connectivity index (χ1v) is 11.4. The molecule has 0 radical (unpaired) electrons. The number of hydrogen-bond acceptors (Lipinski definition) is 7. The Morgan fingerprint density at radius 2 is 1.58 bits per heavy atom. The van der Waals surface area contributed by atoms with Gasteiger partial charge in [0.1, 0.15) is 5.92 Å². The van der Waals surface area contributed by atoms with Crippen molar-refractivity contribution in [1.82, 2.24) is 0 Å². The highest BCUT2D eigenvalue weighted by Crippen LogP contribution is 2.42. The van der Waals surface area contributed by atoms with Gasteiger partial charge in [0, 0.05) is 22.9 Å². The molecule has 0 bridgehead atoms. The number of rotatable bonds is 9. The van der Waals surface area contributed by atoms with Gasteiger partial charge in [-0.3, -0.25) is 9.79 Å². The molecular weight excluding hydrogens is 422 g/mol. The van der Waals surface area contributed by atoms with Crippen LogP contribution in [0.5, 0.6) is 0 Å². The second-order valence-electron chi connectivity index (χ2n) is 7.55. The molecule has 2 unspecified atom stereocenters. The Labute approximate surface area is 195 Å². The van der Waals surface area contributed by atoms with Crippen molar-refractivity contribution in [2.24, 2.45) is 10.9 Å². The fourth-order valence-corrected chi connectivity index (χ4v) is 4.03. The van der Waals surface area contributed by atoms with Crippen LogP contribution in [0.3, 0.4) is 0 Å².